The number of carbonyl (C=O) groups excluding carboxylic acids is 1. The van der Waals surface area contributed by atoms with E-state index in [1.165, 1.54) is 19.3 Å². The number of rotatable bonds is 3. The molecule has 3 heterocycles. The molecule has 0 aliphatic carbocycles. The lowest BCUT2D eigenvalue weighted by atomic mass is 10.1. The minimum absolute atomic E-state index is 0.0196. The minimum Gasteiger partial charge on any atom is -0.334 e. The first-order valence-corrected chi connectivity index (χ1v) is 7.23. The third-order valence-corrected chi connectivity index (χ3v) is 4.09. The molecule has 6 nitrogen and oxygen atoms in total. The summed E-state index contributed by atoms with van der Waals surface area (Å²) < 4.78 is 2.00. The van der Waals surface area contributed by atoms with Crippen LogP contribution in [-0.2, 0) is 13.1 Å². The molecule has 1 aromatic rings. The van der Waals surface area contributed by atoms with Crippen LogP contribution < -0.4 is 0 Å². The van der Waals surface area contributed by atoms with Gasteiger partial charge in [0.05, 0.1) is 6.54 Å². The number of hydrogen-bond acceptors (Lipinski definition) is 4. The Balaban J connectivity index is 1.76. The van der Waals surface area contributed by atoms with Gasteiger partial charge < -0.3 is 9.47 Å². The van der Waals surface area contributed by atoms with Crippen molar-refractivity contribution in [2.24, 2.45) is 0 Å². The SMILES string of the molecule is CCN1CCn2c(CN3CCCCC3)nnc2C1=O. The van der Waals surface area contributed by atoms with Crippen LogP contribution in [0.4, 0.5) is 0 Å². The molecule has 1 fully saturated rings. The van der Waals surface area contributed by atoms with Gasteiger partial charge >= 0.3 is 0 Å². The Morgan fingerprint density at radius 1 is 1.05 bits per heavy atom. The van der Waals surface area contributed by atoms with E-state index < -0.39 is 0 Å². The Morgan fingerprint density at radius 3 is 2.58 bits per heavy atom. The fourth-order valence-corrected chi connectivity index (χ4v) is 2.93. The van der Waals surface area contributed by atoms with E-state index in [1.54, 1.807) is 0 Å². The number of likely N-dealkylation sites (tertiary alicyclic amines) is 1. The first-order chi connectivity index (χ1) is 9.29. The van der Waals surface area contributed by atoms with Crippen LogP contribution in [-0.4, -0.2) is 56.7 Å². The van der Waals surface area contributed by atoms with Crippen LogP contribution in [0.1, 0.15) is 42.6 Å². The first-order valence-electron chi connectivity index (χ1n) is 7.23. The molecule has 0 bridgehead atoms. The van der Waals surface area contributed by atoms with Crippen LogP contribution in [0.2, 0.25) is 0 Å². The molecule has 1 amide bonds. The van der Waals surface area contributed by atoms with E-state index in [9.17, 15) is 4.79 Å². The molecular formula is C13H21N5O. The highest BCUT2D eigenvalue weighted by Gasteiger charge is 2.28. The van der Waals surface area contributed by atoms with E-state index in [0.29, 0.717) is 5.82 Å². The average molecular weight is 263 g/mol. The fraction of sp³-hybridized carbons (Fsp3) is 0.769. The van der Waals surface area contributed by atoms with Crippen molar-refractivity contribution in [2.75, 3.05) is 26.2 Å². The predicted octanol–water partition coefficient (Wildman–Crippen LogP) is 0.740. The molecule has 6 heteroatoms. The maximum absolute atomic E-state index is 12.1. The summed E-state index contributed by atoms with van der Waals surface area (Å²) in [7, 11) is 0. The van der Waals surface area contributed by atoms with Gasteiger partial charge in [-0.05, 0) is 32.9 Å². The van der Waals surface area contributed by atoms with Gasteiger partial charge in [0, 0.05) is 19.6 Å². The maximum Gasteiger partial charge on any atom is 0.291 e. The Bertz CT molecular complexity index is 464. The minimum atomic E-state index is 0.0196. The average Bonchev–Trinajstić information content (AvgIpc) is 2.85. The van der Waals surface area contributed by atoms with E-state index >= 15 is 0 Å². The summed E-state index contributed by atoms with van der Waals surface area (Å²) in [5.74, 6) is 1.48. The van der Waals surface area contributed by atoms with Gasteiger partial charge in [-0.25, -0.2) is 0 Å². The van der Waals surface area contributed by atoms with Gasteiger partial charge in [-0.3, -0.25) is 9.69 Å². The van der Waals surface area contributed by atoms with Gasteiger partial charge in [-0.15, -0.1) is 10.2 Å². The quantitative estimate of drug-likeness (QED) is 0.807. The number of nitrogens with zero attached hydrogens (tertiary/aromatic N) is 5. The molecule has 0 aromatic carbocycles. The Morgan fingerprint density at radius 2 is 1.84 bits per heavy atom. The van der Waals surface area contributed by atoms with E-state index in [2.05, 4.69) is 15.1 Å². The van der Waals surface area contributed by atoms with Crippen LogP contribution >= 0.6 is 0 Å². The lowest BCUT2D eigenvalue weighted by molar-refractivity contribution is 0.0703. The number of likely N-dealkylation sites (N-methyl/N-ethyl adjacent to an activating group) is 1. The fourth-order valence-electron chi connectivity index (χ4n) is 2.93. The van der Waals surface area contributed by atoms with Crippen molar-refractivity contribution in [2.45, 2.75) is 39.3 Å². The highest BCUT2D eigenvalue weighted by molar-refractivity contribution is 5.91. The smallest absolute Gasteiger partial charge is 0.291 e. The molecule has 0 N–H and O–H groups in total. The number of amides is 1. The largest absolute Gasteiger partial charge is 0.334 e. The lowest BCUT2D eigenvalue weighted by Gasteiger charge is -2.28. The van der Waals surface area contributed by atoms with Crippen LogP contribution in [0.25, 0.3) is 0 Å². The Kier molecular flexibility index (Phi) is 3.50. The third-order valence-electron chi connectivity index (χ3n) is 4.09. The molecule has 0 saturated carbocycles. The highest BCUT2D eigenvalue weighted by Crippen LogP contribution is 2.16. The van der Waals surface area contributed by atoms with Crippen LogP contribution in [0, 0.1) is 0 Å². The molecule has 0 spiro atoms. The van der Waals surface area contributed by atoms with Gasteiger partial charge in [0.25, 0.3) is 5.91 Å². The number of fused-ring (bicyclic) bond motifs is 1. The number of carbonyl (C=O) groups is 1. The molecular weight excluding hydrogens is 242 g/mol. The summed E-state index contributed by atoms with van der Waals surface area (Å²) >= 11 is 0. The summed E-state index contributed by atoms with van der Waals surface area (Å²) in [6.07, 6.45) is 3.87. The predicted molar refractivity (Wildman–Crippen MR) is 70.7 cm³/mol. The van der Waals surface area contributed by atoms with E-state index in [4.69, 9.17) is 0 Å². The van der Waals surface area contributed by atoms with Crippen molar-refractivity contribution >= 4 is 5.91 Å². The van der Waals surface area contributed by atoms with Crippen LogP contribution in [0.5, 0.6) is 0 Å². The second kappa shape index (κ2) is 5.28. The molecule has 1 saturated heterocycles. The Labute approximate surface area is 113 Å². The molecule has 104 valence electrons. The van der Waals surface area contributed by atoms with Gasteiger partial charge in [0.2, 0.25) is 5.82 Å². The number of hydrogen-bond donors (Lipinski definition) is 0. The summed E-state index contributed by atoms with van der Waals surface area (Å²) in [4.78, 5) is 16.4. The van der Waals surface area contributed by atoms with Crippen molar-refractivity contribution in [1.29, 1.82) is 0 Å². The van der Waals surface area contributed by atoms with E-state index in [0.717, 1.165) is 45.1 Å². The summed E-state index contributed by atoms with van der Waals surface area (Å²) in [5.41, 5.74) is 0. The van der Waals surface area contributed by atoms with Crippen molar-refractivity contribution in [3.05, 3.63) is 11.6 Å². The molecule has 2 aliphatic heterocycles. The first kappa shape index (κ1) is 12.6. The normalized spacial score (nSPS) is 20.7. The van der Waals surface area contributed by atoms with Crippen LogP contribution in [0.3, 0.4) is 0 Å². The van der Waals surface area contributed by atoms with Crippen molar-refractivity contribution in [3.63, 3.8) is 0 Å². The van der Waals surface area contributed by atoms with Crippen LogP contribution in [0.15, 0.2) is 0 Å². The van der Waals surface area contributed by atoms with Crippen molar-refractivity contribution < 1.29 is 4.79 Å². The summed E-state index contributed by atoms with van der Waals surface area (Å²) in [6.45, 7) is 7.44. The zero-order valence-corrected chi connectivity index (χ0v) is 11.5. The highest BCUT2D eigenvalue weighted by atomic mass is 16.2. The molecule has 0 radical (unpaired) electrons. The molecule has 0 unspecified atom stereocenters. The molecule has 2 aliphatic rings. The zero-order valence-electron chi connectivity index (χ0n) is 11.5. The molecule has 0 atom stereocenters. The maximum atomic E-state index is 12.1. The van der Waals surface area contributed by atoms with E-state index in [-0.39, 0.29) is 5.91 Å². The van der Waals surface area contributed by atoms with Crippen molar-refractivity contribution in [1.82, 2.24) is 24.6 Å². The van der Waals surface area contributed by atoms with Gasteiger partial charge in [-0.1, -0.05) is 6.42 Å². The van der Waals surface area contributed by atoms with E-state index in [1.807, 2.05) is 16.4 Å². The zero-order chi connectivity index (χ0) is 13.2. The second-order valence-corrected chi connectivity index (χ2v) is 5.31. The number of aromatic nitrogens is 3. The molecule has 1 aromatic heterocycles. The molecule has 19 heavy (non-hydrogen) atoms. The summed E-state index contributed by atoms with van der Waals surface area (Å²) in [6, 6.07) is 0. The lowest BCUT2D eigenvalue weighted by Crippen LogP contribution is -2.41. The second-order valence-electron chi connectivity index (χ2n) is 5.31. The standard InChI is InChI=1S/C13H21N5O/c1-2-17-8-9-18-11(14-15-12(18)13(17)19)10-16-6-4-3-5-7-16/h2-10H2,1H3. The Hall–Kier alpha value is -1.43. The topological polar surface area (TPSA) is 54.3 Å². The molecule has 3 rings (SSSR count). The monoisotopic (exact) mass is 263 g/mol. The third kappa shape index (κ3) is 2.36. The van der Waals surface area contributed by atoms with Gasteiger partial charge in [0.15, 0.2) is 0 Å². The van der Waals surface area contributed by atoms with Crippen molar-refractivity contribution in [3.8, 4) is 0 Å². The van der Waals surface area contributed by atoms with Gasteiger partial charge in [0.1, 0.15) is 5.82 Å². The van der Waals surface area contributed by atoms with Gasteiger partial charge in [-0.2, -0.15) is 0 Å². The summed E-state index contributed by atoms with van der Waals surface area (Å²) in [5, 5.41) is 8.33. The number of piperidine rings is 1.